The standard InChI is InChI=1S/C20H42O2.CH4/c1-2-3-4-5-6-7-8-9-10-11-12-13-14-15-16-17-19-22-20-18-21;/h21H,2-20H2,1H3;1H4. The van der Waals surface area contributed by atoms with E-state index >= 15 is 0 Å². The van der Waals surface area contributed by atoms with Gasteiger partial charge < -0.3 is 9.84 Å². The Bertz CT molecular complexity index is 163. The molecular formula is C21H46O2. The van der Waals surface area contributed by atoms with Crippen LogP contribution in [-0.4, -0.2) is 24.9 Å². The van der Waals surface area contributed by atoms with Crippen molar-refractivity contribution in [2.75, 3.05) is 19.8 Å². The molecule has 0 rings (SSSR count). The second-order valence-electron chi connectivity index (χ2n) is 6.64. The van der Waals surface area contributed by atoms with Gasteiger partial charge in [-0.25, -0.2) is 0 Å². The summed E-state index contributed by atoms with van der Waals surface area (Å²) in [7, 11) is 0. The Labute approximate surface area is 147 Å². The number of rotatable bonds is 19. The monoisotopic (exact) mass is 330 g/mol. The molecule has 0 atom stereocenters. The van der Waals surface area contributed by atoms with Crippen molar-refractivity contribution in [2.45, 2.75) is 117 Å². The topological polar surface area (TPSA) is 29.5 Å². The van der Waals surface area contributed by atoms with Crippen molar-refractivity contribution in [1.82, 2.24) is 0 Å². The minimum absolute atomic E-state index is 0. The fourth-order valence-electron chi connectivity index (χ4n) is 2.92. The summed E-state index contributed by atoms with van der Waals surface area (Å²) in [6.45, 7) is 3.75. The molecule has 2 nitrogen and oxygen atoms in total. The average Bonchev–Trinajstić information content (AvgIpc) is 2.54. The van der Waals surface area contributed by atoms with E-state index in [4.69, 9.17) is 9.84 Å². The predicted molar refractivity (Wildman–Crippen MR) is 104 cm³/mol. The Morgan fingerprint density at radius 3 is 1.22 bits per heavy atom. The van der Waals surface area contributed by atoms with E-state index in [9.17, 15) is 0 Å². The van der Waals surface area contributed by atoms with Gasteiger partial charge in [0.25, 0.3) is 0 Å². The fraction of sp³-hybridized carbons (Fsp3) is 1.00. The summed E-state index contributed by atoms with van der Waals surface area (Å²) in [5.41, 5.74) is 0. The number of hydrogen-bond donors (Lipinski definition) is 1. The first-order valence-corrected chi connectivity index (χ1v) is 10.1. The summed E-state index contributed by atoms with van der Waals surface area (Å²) < 4.78 is 5.25. The van der Waals surface area contributed by atoms with Crippen molar-refractivity contribution >= 4 is 0 Å². The van der Waals surface area contributed by atoms with Crippen LogP contribution in [0.1, 0.15) is 117 Å². The quantitative estimate of drug-likeness (QED) is 0.261. The van der Waals surface area contributed by atoms with E-state index in [2.05, 4.69) is 6.92 Å². The largest absolute Gasteiger partial charge is 0.394 e. The van der Waals surface area contributed by atoms with Gasteiger partial charge in [-0.1, -0.05) is 111 Å². The molecule has 0 fully saturated rings. The maximum Gasteiger partial charge on any atom is 0.0697 e. The van der Waals surface area contributed by atoms with Crippen LogP contribution in [0.3, 0.4) is 0 Å². The van der Waals surface area contributed by atoms with Crippen LogP contribution in [0.5, 0.6) is 0 Å². The molecule has 0 saturated heterocycles. The average molecular weight is 331 g/mol. The molecule has 0 aromatic heterocycles. The van der Waals surface area contributed by atoms with Gasteiger partial charge in [0, 0.05) is 6.61 Å². The molecule has 0 aromatic rings. The smallest absolute Gasteiger partial charge is 0.0697 e. The van der Waals surface area contributed by atoms with E-state index in [1.165, 1.54) is 96.3 Å². The summed E-state index contributed by atoms with van der Waals surface area (Å²) in [4.78, 5) is 0. The van der Waals surface area contributed by atoms with Crippen LogP contribution in [-0.2, 0) is 4.74 Å². The molecule has 0 unspecified atom stereocenters. The molecule has 0 heterocycles. The van der Waals surface area contributed by atoms with Crippen LogP contribution in [0, 0.1) is 0 Å². The predicted octanol–water partition coefficient (Wildman–Crippen LogP) is 6.89. The lowest BCUT2D eigenvalue weighted by molar-refractivity contribution is 0.0895. The first-order valence-electron chi connectivity index (χ1n) is 10.1. The first kappa shape index (κ1) is 25.2. The van der Waals surface area contributed by atoms with Crippen LogP contribution in [0.15, 0.2) is 0 Å². The Kier molecular flexibility index (Phi) is 26.5. The molecule has 1 N–H and O–H groups in total. The molecule has 0 amide bonds. The SMILES string of the molecule is C.CCCCCCCCCCCCCCCCCCOCCO. The molecule has 0 radical (unpaired) electrons. The molecule has 0 saturated carbocycles. The van der Waals surface area contributed by atoms with Crippen LogP contribution in [0.2, 0.25) is 0 Å². The van der Waals surface area contributed by atoms with Crippen LogP contribution < -0.4 is 0 Å². The van der Waals surface area contributed by atoms with Crippen LogP contribution >= 0.6 is 0 Å². The Hall–Kier alpha value is -0.0800. The summed E-state index contributed by atoms with van der Waals surface area (Å²) in [5.74, 6) is 0. The van der Waals surface area contributed by atoms with Crippen molar-refractivity contribution in [3.8, 4) is 0 Å². The van der Waals surface area contributed by atoms with Gasteiger partial charge in [0.2, 0.25) is 0 Å². The first-order chi connectivity index (χ1) is 10.9. The van der Waals surface area contributed by atoms with E-state index in [0.29, 0.717) is 6.61 Å². The van der Waals surface area contributed by atoms with Gasteiger partial charge in [0.1, 0.15) is 0 Å². The maximum atomic E-state index is 8.58. The summed E-state index contributed by atoms with van der Waals surface area (Å²) in [6, 6.07) is 0. The number of ether oxygens (including phenoxy) is 1. The zero-order valence-electron chi connectivity index (χ0n) is 15.3. The molecule has 142 valence electrons. The van der Waals surface area contributed by atoms with E-state index in [-0.39, 0.29) is 14.0 Å². The minimum atomic E-state index is 0. The third-order valence-corrected chi connectivity index (χ3v) is 4.38. The van der Waals surface area contributed by atoms with Gasteiger partial charge in [0.05, 0.1) is 13.2 Å². The van der Waals surface area contributed by atoms with Gasteiger partial charge in [-0.3, -0.25) is 0 Å². The van der Waals surface area contributed by atoms with Crippen molar-refractivity contribution in [2.24, 2.45) is 0 Å². The van der Waals surface area contributed by atoms with E-state index in [1.54, 1.807) is 0 Å². The zero-order valence-corrected chi connectivity index (χ0v) is 15.3. The minimum Gasteiger partial charge on any atom is -0.394 e. The number of aliphatic hydroxyl groups is 1. The van der Waals surface area contributed by atoms with Crippen molar-refractivity contribution in [3.63, 3.8) is 0 Å². The Morgan fingerprint density at radius 1 is 0.522 bits per heavy atom. The molecule has 23 heavy (non-hydrogen) atoms. The van der Waals surface area contributed by atoms with Gasteiger partial charge in [0.15, 0.2) is 0 Å². The molecule has 0 aliphatic carbocycles. The zero-order chi connectivity index (χ0) is 16.1. The molecule has 0 spiro atoms. The van der Waals surface area contributed by atoms with Crippen molar-refractivity contribution in [3.05, 3.63) is 0 Å². The van der Waals surface area contributed by atoms with Crippen molar-refractivity contribution in [1.29, 1.82) is 0 Å². The van der Waals surface area contributed by atoms with E-state index in [0.717, 1.165) is 13.0 Å². The number of aliphatic hydroxyl groups excluding tert-OH is 1. The normalized spacial score (nSPS) is 10.7. The summed E-state index contributed by atoms with van der Waals surface area (Å²) in [6.07, 6.45) is 22.4. The van der Waals surface area contributed by atoms with Gasteiger partial charge in [-0.05, 0) is 6.42 Å². The van der Waals surface area contributed by atoms with E-state index in [1.807, 2.05) is 0 Å². The van der Waals surface area contributed by atoms with Crippen molar-refractivity contribution < 1.29 is 9.84 Å². The number of hydrogen-bond acceptors (Lipinski definition) is 2. The third kappa shape index (κ3) is 24.3. The Balaban J connectivity index is 0. The highest BCUT2D eigenvalue weighted by Crippen LogP contribution is 2.13. The molecule has 0 bridgehead atoms. The van der Waals surface area contributed by atoms with Crippen LogP contribution in [0.4, 0.5) is 0 Å². The fourth-order valence-corrected chi connectivity index (χ4v) is 2.92. The molecule has 2 heteroatoms. The lowest BCUT2D eigenvalue weighted by Gasteiger charge is -2.04. The van der Waals surface area contributed by atoms with E-state index < -0.39 is 0 Å². The molecule has 0 aromatic carbocycles. The second kappa shape index (κ2) is 24.2. The van der Waals surface area contributed by atoms with Gasteiger partial charge in [-0.2, -0.15) is 0 Å². The van der Waals surface area contributed by atoms with Gasteiger partial charge >= 0.3 is 0 Å². The second-order valence-corrected chi connectivity index (χ2v) is 6.64. The highest BCUT2D eigenvalue weighted by Gasteiger charge is 1.94. The highest BCUT2D eigenvalue weighted by molar-refractivity contribution is 4.49. The lowest BCUT2D eigenvalue weighted by atomic mass is 10.0. The third-order valence-electron chi connectivity index (χ3n) is 4.38. The van der Waals surface area contributed by atoms with Crippen LogP contribution in [0.25, 0.3) is 0 Å². The lowest BCUT2D eigenvalue weighted by Crippen LogP contribution is -2.00. The summed E-state index contributed by atoms with van der Waals surface area (Å²) >= 11 is 0. The number of unbranched alkanes of at least 4 members (excludes halogenated alkanes) is 15. The molecule has 0 aliphatic rings. The summed E-state index contributed by atoms with van der Waals surface area (Å²) in [5, 5.41) is 8.58. The molecular weight excluding hydrogens is 284 g/mol. The van der Waals surface area contributed by atoms with Gasteiger partial charge in [-0.15, -0.1) is 0 Å². The maximum absolute atomic E-state index is 8.58. The Morgan fingerprint density at radius 2 is 0.870 bits per heavy atom. The molecule has 0 aliphatic heterocycles. The highest BCUT2D eigenvalue weighted by atomic mass is 16.5.